The van der Waals surface area contributed by atoms with Crippen molar-refractivity contribution in [3.05, 3.63) is 59.7 Å². The van der Waals surface area contributed by atoms with Gasteiger partial charge in [0.05, 0.1) is 22.8 Å². The smallest absolute Gasteiger partial charge is 0.225 e. The summed E-state index contributed by atoms with van der Waals surface area (Å²) in [7, 11) is 2.01. The number of fused-ring (bicyclic) bond motifs is 1. The van der Waals surface area contributed by atoms with Gasteiger partial charge in [-0.25, -0.2) is 19.9 Å². The normalized spacial score (nSPS) is 17.4. The first kappa shape index (κ1) is 30.5. The number of carbonyl (C=O) groups excluding carboxylic acids is 3. The maximum atomic E-state index is 13.3. The van der Waals surface area contributed by atoms with Crippen molar-refractivity contribution in [1.29, 1.82) is 5.26 Å². The largest absolute Gasteiger partial charge is 0.359 e. The number of pyridine rings is 2. The number of ketones is 1. The van der Waals surface area contributed by atoms with Crippen molar-refractivity contribution in [2.45, 2.75) is 38.4 Å². The first-order valence-electron chi connectivity index (χ1n) is 14.6. The zero-order valence-electron chi connectivity index (χ0n) is 25.2. The molecular formula is C31H36N10O3. The third-order valence-electron chi connectivity index (χ3n) is 8.28. The molecule has 0 spiro atoms. The Morgan fingerprint density at radius 2 is 1.95 bits per heavy atom. The number of amides is 2. The maximum Gasteiger partial charge on any atom is 0.225 e. The number of hydrogen-bond acceptors (Lipinski definition) is 11. The third-order valence-corrected chi connectivity index (χ3v) is 8.28. The van der Waals surface area contributed by atoms with Crippen molar-refractivity contribution in [1.82, 2.24) is 35.1 Å². The highest BCUT2D eigenvalue weighted by molar-refractivity contribution is 6.12. The molecule has 1 saturated heterocycles. The van der Waals surface area contributed by atoms with Crippen LogP contribution in [0.1, 0.15) is 41.9 Å². The van der Waals surface area contributed by atoms with Crippen LogP contribution in [0.3, 0.4) is 0 Å². The van der Waals surface area contributed by atoms with Crippen LogP contribution in [0.2, 0.25) is 0 Å². The lowest BCUT2D eigenvalue weighted by atomic mass is 9.97. The van der Waals surface area contributed by atoms with Crippen molar-refractivity contribution in [2.75, 3.05) is 56.1 Å². The van der Waals surface area contributed by atoms with E-state index >= 15 is 0 Å². The number of carbonyl (C=O) groups is 3. The van der Waals surface area contributed by atoms with Gasteiger partial charge in [-0.1, -0.05) is 6.07 Å². The molecule has 0 aromatic carbocycles. The predicted octanol–water partition coefficient (Wildman–Crippen LogP) is 1.50. The second-order valence-electron chi connectivity index (χ2n) is 11.6. The minimum absolute atomic E-state index is 0.0276. The molecule has 5 rings (SSSR count). The lowest BCUT2D eigenvalue weighted by Gasteiger charge is -2.41. The van der Waals surface area contributed by atoms with Crippen LogP contribution >= 0.6 is 0 Å². The van der Waals surface area contributed by atoms with E-state index in [1.54, 1.807) is 36.8 Å². The molecule has 0 radical (unpaired) electrons. The van der Waals surface area contributed by atoms with Gasteiger partial charge in [-0.3, -0.25) is 14.4 Å². The van der Waals surface area contributed by atoms with Crippen LogP contribution in [0, 0.1) is 11.3 Å². The zero-order chi connectivity index (χ0) is 31.3. The minimum Gasteiger partial charge on any atom is -0.359 e. The number of likely N-dealkylation sites (N-methyl/N-ethyl adjacent to an activating group) is 1. The molecule has 3 aromatic rings. The van der Waals surface area contributed by atoms with Crippen LogP contribution in [0.25, 0.3) is 11.3 Å². The highest BCUT2D eigenvalue weighted by Gasteiger charge is 2.45. The van der Waals surface area contributed by atoms with E-state index in [-0.39, 0.29) is 11.8 Å². The lowest BCUT2D eigenvalue weighted by Crippen LogP contribution is -2.56. The van der Waals surface area contributed by atoms with Crippen molar-refractivity contribution in [3.8, 4) is 17.3 Å². The van der Waals surface area contributed by atoms with E-state index in [1.807, 2.05) is 36.8 Å². The molecule has 0 aliphatic carbocycles. The van der Waals surface area contributed by atoms with Gasteiger partial charge < -0.3 is 24.9 Å². The average molecular weight is 597 g/mol. The molecule has 5 heterocycles. The Balaban J connectivity index is 1.32. The van der Waals surface area contributed by atoms with Crippen molar-refractivity contribution < 1.29 is 14.4 Å². The molecule has 2 amide bonds. The summed E-state index contributed by atoms with van der Waals surface area (Å²) in [5.74, 6) is 1.09. The summed E-state index contributed by atoms with van der Waals surface area (Å²) in [6.45, 7) is 7.90. The Kier molecular flexibility index (Phi) is 9.10. The number of nitrogens with one attached hydrogen (secondary N) is 1. The van der Waals surface area contributed by atoms with Gasteiger partial charge in [-0.05, 0) is 52.1 Å². The molecular weight excluding hydrogens is 560 g/mol. The van der Waals surface area contributed by atoms with Crippen molar-refractivity contribution in [2.24, 2.45) is 0 Å². The summed E-state index contributed by atoms with van der Waals surface area (Å²) in [4.78, 5) is 61.9. The Hall–Kier alpha value is -4.96. The summed E-state index contributed by atoms with van der Waals surface area (Å²) < 4.78 is 0. The summed E-state index contributed by atoms with van der Waals surface area (Å²) in [5.41, 5.74) is 2.06. The molecule has 3 aromatic heterocycles. The minimum atomic E-state index is -0.850. The molecule has 1 fully saturated rings. The maximum absolute atomic E-state index is 13.3. The molecule has 0 bridgehead atoms. The number of nitriles is 1. The van der Waals surface area contributed by atoms with Crippen LogP contribution in [-0.2, 0) is 16.1 Å². The van der Waals surface area contributed by atoms with E-state index in [0.29, 0.717) is 80.0 Å². The molecule has 228 valence electrons. The highest BCUT2D eigenvalue weighted by atomic mass is 16.1. The third kappa shape index (κ3) is 6.21. The van der Waals surface area contributed by atoms with Gasteiger partial charge >= 0.3 is 0 Å². The van der Waals surface area contributed by atoms with Gasteiger partial charge in [-0.2, -0.15) is 5.26 Å². The standard InChI is InChI=1S/C31H36N10O3/c1-31(2)28(44)25-7-8-26(37-29(25)41(31)17-22-6-4-10-34-27(22)14-32)23-15-35-30(36-16-23)39-12-13-40(21-43)24(19-39)18-38(3)11-5-9-33-20-42/h4,6-8,10,15-16,20-21,24H,5,9,11-13,17-19H2,1-3H3,(H,33,42). The van der Waals surface area contributed by atoms with E-state index in [1.165, 1.54) is 0 Å². The highest BCUT2D eigenvalue weighted by Crippen LogP contribution is 2.39. The van der Waals surface area contributed by atoms with Crippen LogP contribution in [0.5, 0.6) is 0 Å². The molecule has 2 aliphatic heterocycles. The number of rotatable bonds is 12. The van der Waals surface area contributed by atoms with Crippen LogP contribution in [0.4, 0.5) is 11.8 Å². The first-order valence-corrected chi connectivity index (χ1v) is 14.6. The first-order chi connectivity index (χ1) is 21.3. The second-order valence-corrected chi connectivity index (χ2v) is 11.6. The summed E-state index contributed by atoms with van der Waals surface area (Å²) in [5, 5.41) is 12.2. The summed E-state index contributed by atoms with van der Waals surface area (Å²) in [6, 6.07) is 9.32. The number of Topliss-reactive ketones (excluding diaryl/α,β-unsaturated/α-hetero) is 1. The van der Waals surface area contributed by atoms with E-state index < -0.39 is 5.54 Å². The number of piperazine rings is 1. The monoisotopic (exact) mass is 596 g/mol. The van der Waals surface area contributed by atoms with E-state index in [9.17, 15) is 19.6 Å². The Labute approximate surface area is 256 Å². The molecule has 13 heteroatoms. The number of hydrogen-bond donors (Lipinski definition) is 1. The molecule has 0 saturated carbocycles. The van der Waals surface area contributed by atoms with Crippen molar-refractivity contribution in [3.63, 3.8) is 0 Å². The fourth-order valence-electron chi connectivity index (χ4n) is 5.75. The Bertz CT molecular complexity index is 1550. The topological polar surface area (TPSA) is 152 Å². The number of nitrogens with zero attached hydrogens (tertiary/aromatic N) is 9. The lowest BCUT2D eigenvalue weighted by molar-refractivity contribution is -0.121. The molecule has 1 unspecified atom stereocenters. The number of anilines is 2. The van der Waals surface area contributed by atoms with E-state index in [0.717, 1.165) is 24.9 Å². The van der Waals surface area contributed by atoms with Gasteiger partial charge in [0, 0.05) is 69.0 Å². The van der Waals surface area contributed by atoms with Crippen LogP contribution < -0.4 is 15.1 Å². The second kappa shape index (κ2) is 13.1. The fourth-order valence-corrected chi connectivity index (χ4v) is 5.75. The van der Waals surface area contributed by atoms with Gasteiger partial charge in [0.25, 0.3) is 0 Å². The molecule has 1 N–H and O–H groups in total. The van der Waals surface area contributed by atoms with E-state index in [2.05, 4.69) is 36.1 Å². The summed E-state index contributed by atoms with van der Waals surface area (Å²) >= 11 is 0. The molecule has 44 heavy (non-hydrogen) atoms. The Morgan fingerprint density at radius 3 is 2.68 bits per heavy atom. The van der Waals surface area contributed by atoms with E-state index in [4.69, 9.17) is 4.98 Å². The summed E-state index contributed by atoms with van der Waals surface area (Å²) in [6.07, 6.45) is 7.46. The molecule has 13 nitrogen and oxygen atoms in total. The fraction of sp³-hybridized carbons (Fsp3) is 0.419. The number of aromatic nitrogens is 4. The SMILES string of the molecule is CN(CCCNC=O)CC1CN(c2ncc(-c3ccc4c(n3)N(Cc3cccnc3C#N)C(C)(C)C4=O)cn2)CCN1C=O. The van der Waals surface area contributed by atoms with Gasteiger partial charge in [0.15, 0.2) is 5.78 Å². The van der Waals surface area contributed by atoms with Gasteiger partial charge in [0.2, 0.25) is 18.8 Å². The van der Waals surface area contributed by atoms with Crippen LogP contribution in [0.15, 0.2) is 42.9 Å². The van der Waals surface area contributed by atoms with Crippen molar-refractivity contribution >= 4 is 30.4 Å². The van der Waals surface area contributed by atoms with Gasteiger partial charge in [-0.15, -0.1) is 0 Å². The Morgan fingerprint density at radius 1 is 1.16 bits per heavy atom. The van der Waals surface area contributed by atoms with Gasteiger partial charge in [0.1, 0.15) is 17.6 Å². The molecule has 2 aliphatic rings. The van der Waals surface area contributed by atoms with Crippen LogP contribution in [-0.4, -0.2) is 106 Å². The predicted molar refractivity (Wildman–Crippen MR) is 164 cm³/mol. The quantitative estimate of drug-likeness (QED) is 0.239. The average Bonchev–Trinajstić information content (AvgIpc) is 3.23. The molecule has 1 atom stereocenters. The zero-order valence-corrected chi connectivity index (χ0v) is 25.2.